The Kier molecular flexibility index (Phi) is 6.34. The maximum absolute atomic E-state index is 14.0. The molecule has 0 aliphatic carbocycles. The van der Waals surface area contributed by atoms with Crippen LogP contribution in [0, 0.1) is 0 Å². The summed E-state index contributed by atoms with van der Waals surface area (Å²) >= 11 is 6.21. The number of anilines is 2. The molecule has 1 atom stereocenters. The lowest BCUT2D eigenvalue weighted by Crippen LogP contribution is -2.32. The van der Waals surface area contributed by atoms with Crippen molar-refractivity contribution in [3.05, 3.63) is 88.3 Å². The van der Waals surface area contributed by atoms with Crippen LogP contribution in [0.4, 0.5) is 11.6 Å². The third kappa shape index (κ3) is 4.33. The van der Waals surface area contributed by atoms with Gasteiger partial charge < -0.3 is 28.9 Å². The molecular formula is C30H25ClN4O6. The third-order valence-electron chi connectivity index (χ3n) is 7.07. The van der Waals surface area contributed by atoms with Crippen LogP contribution in [0.15, 0.2) is 76.4 Å². The molecule has 0 fully saturated rings. The van der Waals surface area contributed by atoms with E-state index in [4.69, 9.17) is 25.5 Å². The van der Waals surface area contributed by atoms with Crippen LogP contribution in [0.2, 0.25) is 5.02 Å². The van der Waals surface area contributed by atoms with Gasteiger partial charge in [0.25, 0.3) is 5.91 Å². The number of carbonyl (C=O) groups is 2. The number of amides is 1. The number of Topliss-reactive ketones (excluding diaryl/α,β-unsaturated/α-hetero) is 1. The number of imidazole rings is 1. The van der Waals surface area contributed by atoms with Crippen LogP contribution in [0.25, 0.3) is 22.0 Å². The summed E-state index contributed by atoms with van der Waals surface area (Å²) in [6.07, 6.45) is 0. The number of nitrogens with zero attached hydrogens (tertiary/aromatic N) is 3. The van der Waals surface area contributed by atoms with E-state index in [9.17, 15) is 14.7 Å². The second kappa shape index (κ2) is 9.90. The number of furan rings is 1. The largest absolute Gasteiger partial charge is 0.503 e. The standard InChI is InChI=1S/C30H25ClN4O6/c1-34(2)18-7-5-15(6-8-18)25-24(26(36)22-12-16-11-17(31)13-23(40-4)28(16)41-22)27(37)29(38)35(25)30-32-20-10-9-19(39-3)14-21(20)33-30/h5-14,25,37H,1-4H3,(H,32,33). The Bertz CT molecular complexity index is 1870. The number of halogens is 1. The fourth-order valence-electron chi connectivity index (χ4n) is 5.02. The maximum atomic E-state index is 14.0. The van der Waals surface area contributed by atoms with Gasteiger partial charge in [0.15, 0.2) is 22.9 Å². The molecule has 6 rings (SSSR count). The molecule has 0 saturated carbocycles. The first-order valence-electron chi connectivity index (χ1n) is 12.6. The molecule has 2 N–H and O–H groups in total. The Balaban J connectivity index is 1.50. The van der Waals surface area contributed by atoms with E-state index in [1.807, 2.05) is 31.1 Å². The first-order chi connectivity index (χ1) is 19.7. The average molecular weight is 573 g/mol. The van der Waals surface area contributed by atoms with Gasteiger partial charge in [-0.05, 0) is 42.0 Å². The molecule has 208 valence electrons. The number of ketones is 1. The van der Waals surface area contributed by atoms with E-state index >= 15 is 0 Å². The number of carbonyl (C=O) groups excluding carboxylic acids is 2. The van der Waals surface area contributed by atoms with Crippen molar-refractivity contribution in [3.63, 3.8) is 0 Å². The number of aromatic nitrogens is 2. The van der Waals surface area contributed by atoms with E-state index in [0.717, 1.165) is 5.69 Å². The van der Waals surface area contributed by atoms with Gasteiger partial charge in [0.05, 0.1) is 36.9 Å². The highest BCUT2D eigenvalue weighted by Gasteiger charge is 2.46. The summed E-state index contributed by atoms with van der Waals surface area (Å²) in [5, 5.41) is 12.1. The summed E-state index contributed by atoms with van der Waals surface area (Å²) < 4.78 is 16.6. The van der Waals surface area contributed by atoms with Crippen molar-refractivity contribution in [2.75, 3.05) is 38.1 Å². The number of hydrogen-bond acceptors (Lipinski definition) is 8. The van der Waals surface area contributed by atoms with Crippen molar-refractivity contribution in [1.29, 1.82) is 0 Å². The smallest absolute Gasteiger partial charge is 0.296 e. The van der Waals surface area contributed by atoms with Gasteiger partial charge in [0.2, 0.25) is 11.7 Å². The highest BCUT2D eigenvalue weighted by Crippen LogP contribution is 2.43. The van der Waals surface area contributed by atoms with Gasteiger partial charge in [-0.15, -0.1) is 0 Å². The lowest BCUT2D eigenvalue weighted by molar-refractivity contribution is -0.117. The van der Waals surface area contributed by atoms with Crippen LogP contribution >= 0.6 is 11.6 Å². The maximum Gasteiger partial charge on any atom is 0.296 e. The molecule has 10 nitrogen and oxygen atoms in total. The molecule has 41 heavy (non-hydrogen) atoms. The second-order valence-corrected chi connectivity index (χ2v) is 10.2. The first-order valence-corrected chi connectivity index (χ1v) is 13.0. The molecule has 3 heterocycles. The van der Waals surface area contributed by atoms with Crippen LogP contribution in [-0.2, 0) is 4.79 Å². The molecule has 3 aromatic carbocycles. The highest BCUT2D eigenvalue weighted by atomic mass is 35.5. The van der Waals surface area contributed by atoms with Crippen molar-refractivity contribution in [2.45, 2.75) is 6.04 Å². The number of methoxy groups -OCH3 is 2. The third-order valence-corrected chi connectivity index (χ3v) is 7.29. The molecule has 0 spiro atoms. The van der Waals surface area contributed by atoms with Crippen LogP contribution in [-0.4, -0.2) is 55.1 Å². The van der Waals surface area contributed by atoms with Gasteiger partial charge in [-0.2, -0.15) is 0 Å². The van der Waals surface area contributed by atoms with E-state index in [0.29, 0.717) is 44.1 Å². The molecule has 1 aliphatic rings. The van der Waals surface area contributed by atoms with E-state index in [1.54, 1.807) is 49.6 Å². The van der Waals surface area contributed by atoms with Gasteiger partial charge >= 0.3 is 0 Å². The predicted molar refractivity (Wildman–Crippen MR) is 155 cm³/mol. The van der Waals surface area contributed by atoms with Crippen molar-refractivity contribution < 1.29 is 28.6 Å². The van der Waals surface area contributed by atoms with Crippen LogP contribution in [0.5, 0.6) is 11.5 Å². The van der Waals surface area contributed by atoms with E-state index < -0.39 is 23.5 Å². The summed E-state index contributed by atoms with van der Waals surface area (Å²) in [6, 6.07) is 16.3. The highest BCUT2D eigenvalue weighted by molar-refractivity contribution is 6.31. The molecule has 0 bridgehead atoms. The SMILES string of the molecule is COc1ccc2nc(N3C(=O)C(O)=C(C(=O)c4cc5cc(Cl)cc(OC)c5o4)C3c3ccc(N(C)C)cc3)[nH]c2c1. The second-order valence-electron chi connectivity index (χ2n) is 9.74. The quantitative estimate of drug-likeness (QED) is 0.234. The van der Waals surface area contributed by atoms with Crippen molar-refractivity contribution in [2.24, 2.45) is 0 Å². The normalized spacial score (nSPS) is 15.3. The molecule has 2 aromatic heterocycles. The minimum atomic E-state index is -1.01. The number of aliphatic hydroxyl groups excluding tert-OH is 1. The Morgan fingerprint density at radius 2 is 1.83 bits per heavy atom. The number of H-pyrrole nitrogens is 1. The summed E-state index contributed by atoms with van der Waals surface area (Å²) in [5.41, 5.74) is 2.88. The number of aliphatic hydroxyl groups is 1. The van der Waals surface area contributed by atoms with Gasteiger partial charge in [0, 0.05) is 42.3 Å². The van der Waals surface area contributed by atoms with Crippen molar-refractivity contribution in [3.8, 4) is 11.5 Å². The van der Waals surface area contributed by atoms with Gasteiger partial charge in [-0.25, -0.2) is 4.98 Å². The Morgan fingerprint density at radius 1 is 1.07 bits per heavy atom. The topological polar surface area (TPSA) is 121 Å². The van der Waals surface area contributed by atoms with E-state index in [1.165, 1.54) is 18.1 Å². The zero-order chi connectivity index (χ0) is 29.0. The number of ether oxygens (including phenoxy) is 2. The summed E-state index contributed by atoms with van der Waals surface area (Å²) in [6.45, 7) is 0. The molecule has 11 heteroatoms. The molecular weight excluding hydrogens is 548 g/mol. The zero-order valence-electron chi connectivity index (χ0n) is 22.6. The Labute approximate surface area is 239 Å². The van der Waals surface area contributed by atoms with Gasteiger partial charge in [-0.3, -0.25) is 14.5 Å². The minimum absolute atomic E-state index is 0.0824. The van der Waals surface area contributed by atoms with E-state index in [-0.39, 0.29) is 17.3 Å². The zero-order valence-corrected chi connectivity index (χ0v) is 23.3. The number of benzene rings is 3. The number of nitrogens with one attached hydrogen (secondary N) is 1. The first kappa shape index (κ1) is 26.3. The van der Waals surface area contributed by atoms with Gasteiger partial charge in [-0.1, -0.05) is 23.7 Å². The number of rotatable bonds is 7. The van der Waals surface area contributed by atoms with E-state index in [2.05, 4.69) is 9.97 Å². The van der Waals surface area contributed by atoms with Crippen molar-refractivity contribution >= 4 is 56.9 Å². The molecule has 1 unspecified atom stereocenters. The summed E-state index contributed by atoms with van der Waals surface area (Å²) in [4.78, 5) is 38.6. The fraction of sp³-hybridized carbons (Fsp3) is 0.167. The minimum Gasteiger partial charge on any atom is -0.503 e. The molecule has 5 aromatic rings. The molecule has 1 amide bonds. The Morgan fingerprint density at radius 3 is 2.51 bits per heavy atom. The van der Waals surface area contributed by atoms with Gasteiger partial charge in [0.1, 0.15) is 5.75 Å². The monoisotopic (exact) mass is 572 g/mol. The summed E-state index contributed by atoms with van der Waals surface area (Å²) in [7, 11) is 6.84. The van der Waals surface area contributed by atoms with Crippen LogP contribution in [0.1, 0.15) is 22.2 Å². The number of aromatic amines is 1. The van der Waals surface area contributed by atoms with Crippen LogP contribution < -0.4 is 19.3 Å². The fourth-order valence-corrected chi connectivity index (χ4v) is 5.24. The lowest BCUT2D eigenvalue weighted by Gasteiger charge is -2.25. The summed E-state index contributed by atoms with van der Waals surface area (Å²) in [5.74, 6) is -1.10. The van der Waals surface area contributed by atoms with Crippen molar-refractivity contribution in [1.82, 2.24) is 9.97 Å². The predicted octanol–water partition coefficient (Wildman–Crippen LogP) is 5.83. The molecule has 1 aliphatic heterocycles. The number of hydrogen-bond donors (Lipinski definition) is 2. The molecule has 0 radical (unpaired) electrons. The lowest BCUT2D eigenvalue weighted by atomic mass is 9.95. The average Bonchev–Trinajstić information content (AvgIpc) is 3.65. The number of fused-ring (bicyclic) bond motifs is 2. The van der Waals surface area contributed by atoms with Crippen LogP contribution in [0.3, 0.4) is 0 Å². The molecule has 0 saturated heterocycles. The Hall–Kier alpha value is -4.96.